The van der Waals surface area contributed by atoms with Gasteiger partial charge in [0.2, 0.25) is 11.8 Å². The van der Waals surface area contributed by atoms with Crippen LogP contribution in [0.4, 0.5) is 0 Å². The number of likely N-dealkylation sites (tertiary alicyclic amines) is 1. The first-order valence-corrected chi connectivity index (χ1v) is 8.56. The van der Waals surface area contributed by atoms with Crippen molar-refractivity contribution < 1.29 is 9.59 Å². The molecule has 0 aliphatic carbocycles. The number of piperidine rings is 1. The summed E-state index contributed by atoms with van der Waals surface area (Å²) in [5, 5.41) is 3.09. The smallest absolute Gasteiger partial charge is 0.226 e. The van der Waals surface area contributed by atoms with Crippen LogP contribution in [-0.4, -0.2) is 35.8 Å². The molecule has 0 saturated carbocycles. The van der Waals surface area contributed by atoms with Crippen molar-refractivity contribution in [3.63, 3.8) is 0 Å². The van der Waals surface area contributed by atoms with Crippen molar-refractivity contribution in [2.75, 3.05) is 13.1 Å². The highest BCUT2D eigenvalue weighted by Gasteiger charge is 2.23. The summed E-state index contributed by atoms with van der Waals surface area (Å²) in [6, 6.07) is 8.33. The Morgan fingerprint density at radius 1 is 1.17 bits per heavy atom. The molecular formula is C19H28N2O2. The maximum atomic E-state index is 12.4. The Morgan fingerprint density at radius 2 is 1.78 bits per heavy atom. The van der Waals surface area contributed by atoms with Gasteiger partial charge in [0.25, 0.3) is 0 Å². The molecule has 0 bridgehead atoms. The molecule has 0 aromatic heterocycles. The first-order valence-electron chi connectivity index (χ1n) is 8.56. The second-order valence-corrected chi connectivity index (χ2v) is 6.98. The van der Waals surface area contributed by atoms with Crippen molar-refractivity contribution in [1.29, 1.82) is 0 Å². The van der Waals surface area contributed by atoms with Gasteiger partial charge >= 0.3 is 0 Å². The van der Waals surface area contributed by atoms with Gasteiger partial charge in [-0.05, 0) is 31.2 Å². The fraction of sp³-hybridized carbons (Fsp3) is 0.579. The summed E-state index contributed by atoms with van der Waals surface area (Å²) in [6.07, 6.45) is 2.74. The van der Waals surface area contributed by atoms with E-state index in [0.29, 0.717) is 18.8 Å². The van der Waals surface area contributed by atoms with Crippen LogP contribution in [0.2, 0.25) is 0 Å². The lowest BCUT2D eigenvalue weighted by Crippen LogP contribution is -2.47. The number of nitrogens with zero attached hydrogens (tertiary/aromatic N) is 1. The van der Waals surface area contributed by atoms with E-state index >= 15 is 0 Å². The van der Waals surface area contributed by atoms with Crippen LogP contribution in [0.1, 0.15) is 44.2 Å². The van der Waals surface area contributed by atoms with Gasteiger partial charge in [0.05, 0.1) is 6.42 Å². The number of aryl methyl sites for hydroxylation is 1. The monoisotopic (exact) mass is 316 g/mol. The SMILES string of the molecule is Cc1ccc(CC(=O)N2CCC(NC(=O)CC(C)C)CC2)cc1. The Morgan fingerprint density at radius 3 is 2.35 bits per heavy atom. The third kappa shape index (κ3) is 5.70. The van der Waals surface area contributed by atoms with E-state index in [2.05, 4.69) is 5.32 Å². The van der Waals surface area contributed by atoms with Crippen LogP contribution in [0.5, 0.6) is 0 Å². The van der Waals surface area contributed by atoms with E-state index in [1.807, 2.05) is 49.9 Å². The van der Waals surface area contributed by atoms with E-state index in [4.69, 9.17) is 0 Å². The van der Waals surface area contributed by atoms with E-state index in [0.717, 1.165) is 31.5 Å². The normalized spacial score (nSPS) is 15.7. The molecule has 4 heteroatoms. The average Bonchev–Trinajstić information content (AvgIpc) is 2.49. The molecule has 1 aromatic carbocycles. The van der Waals surface area contributed by atoms with E-state index in [9.17, 15) is 9.59 Å². The lowest BCUT2D eigenvalue weighted by Gasteiger charge is -2.32. The lowest BCUT2D eigenvalue weighted by molar-refractivity contribution is -0.131. The van der Waals surface area contributed by atoms with Crippen molar-refractivity contribution >= 4 is 11.8 Å². The molecule has 0 spiro atoms. The third-order valence-electron chi connectivity index (χ3n) is 4.28. The van der Waals surface area contributed by atoms with E-state index in [1.165, 1.54) is 5.56 Å². The number of benzene rings is 1. The summed E-state index contributed by atoms with van der Waals surface area (Å²) in [5.41, 5.74) is 2.27. The Kier molecular flexibility index (Phi) is 6.20. The summed E-state index contributed by atoms with van der Waals surface area (Å²) in [7, 11) is 0. The topological polar surface area (TPSA) is 49.4 Å². The molecule has 1 fully saturated rings. The van der Waals surface area contributed by atoms with Gasteiger partial charge in [0.15, 0.2) is 0 Å². The van der Waals surface area contributed by atoms with Crippen LogP contribution in [0.15, 0.2) is 24.3 Å². The van der Waals surface area contributed by atoms with Crippen LogP contribution in [0.3, 0.4) is 0 Å². The van der Waals surface area contributed by atoms with Crippen LogP contribution in [-0.2, 0) is 16.0 Å². The number of hydrogen-bond acceptors (Lipinski definition) is 2. The molecule has 0 atom stereocenters. The predicted molar refractivity (Wildman–Crippen MR) is 92.1 cm³/mol. The zero-order valence-corrected chi connectivity index (χ0v) is 14.5. The molecule has 1 aliphatic heterocycles. The van der Waals surface area contributed by atoms with Crippen LogP contribution < -0.4 is 5.32 Å². The summed E-state index contributed by atoms with van der Waals surface area (Å²) >= 11 is 0. The zero-order chi connectivity index (χ0) is 16.8. The molecule has 1 saturated heterocycles. The molecule has 1 N–H and O–H groups in total. The van der Waals surface area contributed by atoms with Gasteiger partial charge in [0, 0.05) is 25.6 Å². The molecule has 1 aliphatic rings. The highest BCUT2D eigenvalue weighted by atomic mass is 16.2. The first-order chi connectivity index (χ1) is 10.9. The molecule has 1 heterocycles. The number of hydrogen-bond donors (Lipinski definition) is 1. The quantitative estimate of drug-likeness (QED) is 0.908. The van der Waals surface area contributed by atoms with Gasteiger partial charge in [0.1, 0.15) is 0 Å². The van der Waals surface area contributed by atoms with Crippen molar-refractivity contribution in [3.05, 3.63) is 35.4 Å². The molecule has 0 radical (unpaired) electrons. The fourth-order valence-corrected chi connectivity index (χ4v) is 2.92. The summed E-state index contributed by atoms with van der Waals surface area (Å²) < 4.78 is 0. The highest BCUT2D eigenvalue weighted by molar-refractivity contribution is 5.79. The van der Waals surface area contributed by atoms with Gasteiger partial charge in [-0.1, -0.05) is 43.7 Å². The van der Waals surface area contributed by atoms with Gasteiger partial charge in [-0.25, -0.2) is 0 Å². The number of nitrogens with one attached hydrogen (secondary N) is 1. The van der Waals surface area contributed by atoms with Crippen molar-refractivity contribution in [2.24, 2.45) is 5.92 Å². The molecule has 2 rings (SSSR count). The second kappa shape index (κ2) is 8.14. The lowest BCUT2D eigenvalue weighted by atomic mass is 10.0. The van der Waals surface area contributed by atoms with Crippen LogP contribution in [0.25, 0.3) is 0 Å². The summed E-state index contributed by atoms with van der Waals surface area (Å²) in [5.74, 6) is 0.691. The van der Waals surface area contributed by atoms with Gasteiger partial charge in [-0.15, -0.1) is 0 Å². The minimum Gasteiger partial charge on any atom is -0.353 e. The van der Waals surface area contributed by atoms with E-state index in [-0.39, 0.29) is 17.9 Å². The zero-order valence-electron chi connectivity index (χ0n) is 14.5. The maximum Gasteiger partial charge on any atom is 0.226 e. The average molecular weight is 316 g/mol. The summed E-state index contributed by atoms with van der Waals surface area (Å²) in [4.78, 5) is 26.1. The predicted octanol–water partition coefficient (Wildman–Crippen LogP) is 2.69. The van der Waals surface area contributed by atoms with Crippen LogP contribution >= 0.6 is 0 Å². The maximum absolute atomic E-state index is 12.4. The number of rotatable bonds is 5. The number of carbonyl (C=O) groups is 2. The van der Waals surface area contributed by atoms with Gasteiger partial charge < -0.3 is 10.2 Å². The molecule has 126 valence electrons. The Labute approximate surface area is 139 Å². The Balaban J connectivity index is 1.76. The molecule has 23 heavy (non-hydrogen) atoms. The van der Waals surface area contributed by atoms with Crippen molar-refractivity contribution in [2.45, 2.75) is 52.5 Å². The minimum absolute atomic E-state index is 0.129. The van der Waals surface area contributed by atoms with Crippen molar-refractivity contribution in [3.8, 4) is 0 Å². The number of carbonyl (C=O) groups excluding carboxylic acids is 2. The van der Waals surface area contributed by atoms with Crippen LogP contribution in [0, 0.1) is 12.8 Å². The number of amides is 2. The third-order valence-corrected chi connectivity index (χ3v) is 4.28. The van der Waals surface area contributed by atoms with E-state index < -0.39 is 0 Å². The first kappa shape index (κ1) is 17.5. The minimum atomic E-state index is 0.129. The van der Waals surface area contributed by atoms with E-state index in [1.54, 1.807) is 0 Å². The molecule has 0 unspecified atom stereocenters. The van der Waals surface area contributed by atoms with Gasteiger partial charge in [-0.2, -0.15) is 0 Å². The fourth-order valence-electron chi connectivity index (χ4n) is 2.92. The van der Waals surface area contributed by atoms with Crippen molar-refractivity contribution in [1.82, 2.24) is 10.2 Å². The standard InChI is InChI=1S/C19H28N2O2/c1-14(2)12-18(22)20-17-8-10-21(11-9-17)19(23)13-16-6-4-15(3)5-7-16/h4-7,14,17H,8-13H2,1-3H3,(H,20,22). The molecular weight excluding hydrogens is 288 g/mol. The molecule has 4 nitrogen and oxygen atoms in total. The highest BCUT2D eigenvalue weighted by Crippen LogP contribution is 2.13. The summed E-state index contributed by atoms with van der Waals surface area (Å²) in [6.45, 7) is 7.61. The Hall–Kier alpha value is -1.84. The second-order valence-electron chi connectivity index (χ2n) is 6.98. The molecule has 2 amide bonds. The van der Waals surface area contributed by atoms with Gasteiger partial charge in [-0.3, -0.25) is 9.59 Å². The largest absolute Gasteiger partial charge is 0.353 e. The Bertz CT molecular complexity index is 529. The molecule has 1 aromatic rings.